The molecule has 7 nitrogen and oxygen atoms in total. The van der Waals surface area contributed by atoms with E-state index >= 15 is 0 Å². The zero-order valence-corrected chi connectivity index (χ0v) is 17.7. The Balaban J connectivity index is 1.31. The van der Waals surface area contributed by atoms with E-state index in [9.17, 15) is 9.59 Å². The van der Waals surface area contributed by atoms with Gasteiger partial charge in [-0.05, 0) is 37.1 Å². The summed E-state index contributed by atoms with van der Waals surface area (Å²) < 4.78 is 2.03. The molecule has 2 aromatic carbocycles. The number of rotatable bonds is 5. The fourth-order valence-electron chi connectivity index (χ4n) is 4.20. The van der Waals surface area contributed by atoms with Crippen LogP contribution in [0.1, 0.15) is 36.2 Å². The number of carbonyl (C=O) groups excluding carboxylic acids is 2. The van der Waals surface area contributed by atoms with Crippen molar-refractivity contribution >= 4 is 34.1 Å². The molecule has 5 rings (SSSR count). The molecule has 0 atom stereocenters. The lowest BCUT2D eigenvalue weighted by molar-refractivity contribution is -0.115. The first-order chi connectivity index (χ1) is 15.6. The Morgan fingerprint density at radius 2 is 1.88 bits per heavy atom. The van der Waals surface area contributed by atoms with E-state index in [1.807, 2.05) is 65.4 Å². The first-order valence-electron chi connectivity index (χ1n) is 10.6. The van der Waals surface area contributed by atoms with Crippen LogP contribution in [-0.4, -0.2) is 32.4 Å². The van der Waals surface area contributed by atoms with Crippen molar-refractivity contribution in [2.75, 3.05) is 4.90 Å². The van der Waals surface area contributed by atoms with Gasteiger partial charge >= 0.3 is 0 Å². The van der Waals surface area contributed by atoms with Crippen LogP contribution in [0.3, 0.4) is 0 Å². The van der Waals surface area contributed by atoms with Crippen LogP contribution in [0.2, 0.25) is 0 Å². The molecule has 2 amide bonds. The smallest absolute Gasteiger partial charge is 0.251 e. The van der Waals surface area contributed by atoms with Gasteiger partial charge in [-0.15, -0.1) is 0 Å². The van der Waals surface area contributed by atoms with E-state index in [2.05, 4.69) is 15.3 Å². The molecule has 2 heterocycles. The summed E-state index contributed by atoms with van der Waals surface area (Å²) in [6.45, 7) is 1.54. The minimum absolute atomic E-state index is 0.0476. The van der Waals surface area contributed by atoms with E-state index in [4.69, 9.17) is 0 Å². The Hall–Kier alpha value is -4.00. The van der Waals surface area contributed by atoms with Gasteiger partial charge in [-0.25, -0.2) is 4.98 Å². The van der Waals surface area contributed by atoms with Gasteiger partial charge in [0.1, 0.15) is 0 Å². The standard InChI is InChI=1S/C25H23N5O2/c1-17(31)30(23-9-5-8-19-14-26-11-10-22(19)23)24-15-29(16-27-24)21-12-20(13-21)28-25(32)18-6-3-2-4-7-18/h2-11,14-16,20-21H,12-13H2,1H3,(H,28,32). The molecular weight excluding hydrogens is 402 g/mol. The summed E-state index contributed by atoms with van der Waals surface area (Å²) in [5.41, 5.74) is 1.45. The SMILES string of the molecule is CC(=O)N(c1cn(C2CC(NC(=O)c3ccccc3)C2)cn1)c1cccc2cnccc12. The summed E-state index contributed by atoms with van der Waals surface area (Å²) in [6.07, 6.45) is 8.83. The molecule has 7 heteroatoms. The van der Waals surface area contributed by atoms with Gasteiger partial charge in [-0.3, -0.25) is 19.5 Å². The van der Waals surface area contributed by atoms with Gasteiger partial charge < -0.3 is 9.88 Å². The number of amides is 2. The van der Waals surface area contributed by atoms with Crippen LogP contribution in [0.25, 0.3) is 10.8 Å². The van der Waals surface area contributed by atoms with Crippen LogP contribution in [0.15, 0.2) is 79.5 Å². The molecule has 0 bridgehead atoms. The minimum Gasteiger partial charge on any atom is -0.349 e. The van der Waals surface area contributed by atoms with Gasteiger partial charge in [0.2, 0.25) is 5.91 Å². The van der Waals surface area contributed by atoms with Crippen LogP contribution in [0.4, 0.5) is 11.5 Å². The molecule has 1 aliphatic carbocycles. The van der Waals surface area contributed by atoms with Crippen molar-refractivity contribution in [1.29, 1.82) is 0 Å². The van der Waals surface area contributed by atoms with Crippen LogP contribution >= 0.6 is 0 Å². The Kier molecular flexibility index (Phi) is 5.15. The fraction of sp³-hybridized carbons (Fsp3) is 0.200. The highest BCUT2D eigenvalue weighted by Crippen LogP contribution is 2.35. The van der Waals surface area contributed by atoms with E-state index in [1.165, 1.54) is 6.92 Å². The summed E-state index contributed by atoms with van der Waals surface area (Å²) in [5, 5.41) is 4.99. The van der Waals surface area contributed by atoms with Crippen molar-refractivity contribution < 1.29 is 9.59 Å². The van der Waals surface area contributed by atoms with Crippen molar-refractivity contribution in [2.24, 2.45) is 0 Å². The normalized spacial score (nSPS) is 17.5. The number of hydrogen-bond acceptors (Lipinski definition) is 4. The summed E-state index contributed by atoms with van der Waals surface area (Å²) in [6, 6.07) is 17.3. The molecule has 0 saturated heterocycles. The third-order valence-electron chi connectivity index (χ3n) is 5.94. The summed E-state index contributed by atoms with van der Waals surface area (Å²) >= 11 is 0. The molecule has 160 valence electrons. The van der Waals surface area contributed by atoms with Crippen molar-refractivity contribution in [3.05, 3.63) is 85.1 Å². The van der Waals surface area contributed by atoms with E-state index < -0.39 is 0 Å². The average Bonchev–Trinajstić information content (AvgIpc) is 3.25. The van der Waals surface area contributed by atoms with Crippen molar-refractivity contribution in [3.63, 3.8) is 0 Å². The molecule has 1 saturated carbocycles. The van der Waals surface area contributed by atoms with Crippen LogP contribution in [0, 0.1) is 0 Å². The second kappa shape index (κ2) is 8.26. The Morgan fingerprint density at radius 3 is 2.66 bits per heavy atom. The molecule has 2 aromatic heterocycles. The van der Waals surface area contributed by atoms with E-state index in [1.54, 1.807) is 23.6 Å². The minimum atomic E-state index is -0.110. The Morgan fingerprint density at radius 1 is 1.06 bits per heavy atom. The Labute approximate surface area is 185 Å². The molecule has 0 unspecified atom stereocenters. The first-order valence-corrected chi connectivity index (χ1v) is 10.6. The Bertz CT molecular complexity index is 1270. The predicted octanol–water partition coefficient (Wildman–Crippen LogP) is 4.25. The zero-order chi connectivity index (χ0) is 22.1. The number of hydrogen-bond donors (Lipinski definition) is 1. The summed E-state index contributed by atoms with van der Waals surface area (Å²) in [5.74, 6) is 0.424. The second-order valence-electron chi connectivity index (χ2n) is 8.07. The van der Waals surface area contributed by atoms with Crippen molar-refractivity contribution in [1.82, 2.24) is 19.9 Å². The number of imidazole rings is 1. The molecule has 0 spiro atoms. The zero-order valence-electron chi connectivity index (χ0n) is 17.7. The number of carbonyl (C=O) groups is 2. The monoisotopic (exact) mass is 425 g/mol. The van der Waals surface area contributed by atoms with Crippen molar-refractivity contribution in [2.45, 2.75) is 31.8 Å². The number of nitrogens with zero attached hydrogens (tertiary/aromatic N) is 4. The number of benzene rings is 2. The lowest BCUT2D eigenvalue weighted by Gasteiger charge is -2.36. The molecule has 0 aliphatic heterocycles. The lowest BCUT2D eigenvalue weighted by Crippen LogP contribution is -2.44. The molecule has 32 heavy (non-hydrogen) atoms. The van der Waals surface area contributed by atoms with Gasteiger partial charge in [-0.1, -0.05) is 30.3 Å². The molecule has 1 N–H and O–H groups in total. The average molecular weight is 425 g/mol. The van der Waals surface area contributed by atoms with E-state index in [0.717, 1.165) is 29.3 Å². The van der Waals surface area contributed by atoms with Gasteiger partial charge in [0.25, 0.3) is 5.91 Å². The number of anilines is 2. The highest BCUT2D eigenvalue weighted by molar-refractivity contribution is 6.06. The predicted molar refractivity (Wildman–Crippen MR) is 123 cm³/mol. The molecule has 0 radical (unpaired) electrons. The largest absolute Gasteiger partial charge is 0.349 e. The van der Waals surface area contributed by atoms with E-state index in [0.29, 0.717) is 11.4 Å². The maximum Gasteiger partial charge on any atom is 0.251 e. The quantitative estimate of drug-likeness (QED) is 0.518. The highest BCUT2D eigenvalue weighted by atomic mass is 16.2. The van der Waals surface area contributed by atoms with Crippen LogP contribution in [0.5, 0.6) is 0 Å². The van der Waals surface area contributed by atoms with Gasteiger partial charge in [0.15, 0.2) is 5.82 Å². The molecule has 1 fully saturated rings. The van der Waals surface area contributed by atoms with Gasteiger partial charge in [-0.2, -0.15) is 0 Å². The highest BCUT2D eigenvalue weighted by Gasteiger charge is 2.32. The maximum atomic E-state index is 12.6. The topological polar surface area (TPSA) is 80.1 Å². The second-order valence-corrected chi connectivity index (χ2v) is 8.07. The fourth-order valence-corrected chi connectivity index (χ4v) is 4.20. The first kappa shape index (κ1) is 19.9. The number of nitrogens with one attached hydrogen (secondary N) is 1. The lowest BCUT2D eigenvalue weighted by atomic mass is 9.86. The van der Waals surface area contributed by atoms with Gasteiger partial charge in [0.05, 0.1) is 12.0 Å². The van der Waals surface area contributed by atoms with Crippen molar-refractivity contribution in [3.8, 4) is 0 Å². The third-order valence-corrected chi connectivity index (χ3v) is 5.94. The number of aromatic nitrogens is 3. The van der Waals surface area contributed by atoms with Crippen LogP contribution < -0.4 is 10.2 Å². The molecular formula is C25H23N5O2. The van der Waals surface area contributed by atoms with E-state index in [-0.39, 0.29) is 23.9 Å². The molecule has 1 aliphatic rings. The summed E-state index contributed by atoms with van der Waals surface area (Å²) in [7, 11) is 0. The van der Waals surface area contributed by atoms with Gasteiger partial charge in [0, 0.05) is 53.9 Å². The van der Waals surface area contributed by atoms with Crippen LogP contribution in [-0.2, 0) is 4.79 Å². The number of pyridine rings is 1. The maximum absolute atomic E-state index is 12.6. The summed E-state index contributed by atoms with van der Waals surface area (Å²) in [4.78, 5) is 35.2. The number of fused-ring (bicyclic) bond motifs is 1. The molecule has 4 aromatic rings. The third kappa shape index (κ3) is 3.73.